The van der Waals surface area contributed by atoms with Gasteiger partial charge in [0.2, 0.25) is 5.91 Å². The van der Waals surface area contributed by atoms with Crippen LogP contribution in [0.2, 0.25) is 0 Å². The quantitative estimate of drug-likeness (QED) is 0.600. The van der Waals surface area contributed by atoms with Crippen molar-refractivity contribution in [2.24, 2.45) is 5.73 Å². The first-order valence-electron chi connectivity index (χ1n) is 8.33. The Morgan fingerprint density at radius 3 is 2.15 bits per heavy atom. The average molecular weight is 376 g/mol. The van der Waals surface area contributed by atoms with Gasteiger partial charge in [-0.15, -0.1) is 0 Å². The number of halogens is 3. The van der Waals surface area contributed by atoms with Crippen molar-refractivity contribution in [3.63, 3.8) is 0 Å². The Kier molecular flexibility index (Phi) is 5.96. The minimum Gasteiger partial charge on any atom is -0.440 e. The first-order valence-corrected chi connectivity index (χ1v) is 8.33. The normalized spacial score (nSPS) is 16.2. The maximum absolute atomic E-state index is 13.0. The molecule has 26 heavy (non-hydrogen) atoms. The Morgan fingerprint density at radius 2 is 1.77 bits per heavy atom. The smallest absolute Gasteiger partial charge is 0.420 e. The summed E-state index contributed by atoms with van der Waals surface area (Å²) in [6.07, 6.45) is -0.125. The second-order valence-corrected chi connectivity index (χ2v) is 6.74. The summed E-state index contributed by atoms with van der Waals surface area (Å²) in [6.45, 7) is 3.43. The number of nitrogens with two attached hydrogens (primary N) is 1. The monoisotopic (exact) mass is 376 g/mol. The SMILES string of the molecule is CC(C)c1nc2cc(C(N)(O)O)cc(C(F)(F)F)c2o1.OC1CCCC1. The van der Waals surface area contributed by atoms with Crippen molar-refractivity contribution < 1.29 is 32.9 Å². The molecule has 3 rings (SSSR count). The highest BCUT2D eigenvalue weighted by atomic mass is 19.4. The van der Waals surface area contributed by atoms with E-state index >= 15 is 0 Å². The molecule has 1 aromatic carbocycles. The molecular weight excluding hydrogens is 353 g/mol. The molecule has 1 fully saturated rings. The van der Waals surface area contributed by atoms with Gasteiger partial charge in [-0.25, -0.2) is 4.98 Å². The molecule has 0 radical (unpaired) electrons. The molecule has 2 aromatic rings. The van der Waals surface area contributed by atoms with Gasteiger partial charge in [0.25, 0.3) is 0 Å². The van der Waals surface area contributed by atoms with Crippen molar-refractivity contribution in [1.82, 2.24) is 4.98 Å². The zero-order chi connectivity index (χ0) is 19.7. The van der Waals surface area contributed by atoms with E-state index in [0.717, 1.165) is 18.9 Å². The lowest BCUT2D eigenvalue weighted by molar-refractivity contribution is -0.164. The van der Waals surface area contributed by atoms with Crippen LogP contribution in [0.25, 0.3) is 11.1 Å². The fourth-order valence-electron chi connectivity index (χ4n) is 2.62. The number of hydrogen-bond acceptors (Lipinski definition) is 6. The number of benzene rings is 1. The summed E-state index contributed by atoms with van der Waals surface area (Å²) in [7, 11) is 0. The molecule has 5 N–H and O–H groups in total. The highest BCUT2D eigenvalue weighted by molar-refractivity contribution is 5.78. The van der Waals surface area contributed by atoms with Crippen LogP contribution in [-0.4, -0.2) is 26.4 Å². The van der Waals surface area contributed by atoms with Crippen LogP contribution in [0, 0.1) is 0 Å². The van der Waals surface area contributed by atoms with Crippen LogP contribution >= 0.6 is 0 Å². The first kappa shape index (κ1) is 20.6. The number of fused-ring (bicyclic) bond motifs is 1. The molecule has 1 aromatic heterocycles. The number of oxazole rings is 1. The van der Waals surface area contributed by atoms with Gasteiger partial charge in [-0.2, -0.15) is 13.2 Å². The van der Waals surface area contributed by atoms with E-state index in [1.54, 1.807) is 13.8 Å². The van der Waals surface area contributed by atoms with Gasteiger partial charge >= 0.3 is 6.18 Å². The van der Waals surface area contributed by atoms with Gasteiger partial charge in [-0.3, -0.25) is 5.73 Å². The third-order valence-corrected chi connectivity index (χ3v) is 4.06. The van der Waals surface area contributed by atoms with E-state index in [0.29, 0.717) is 6.07 Å². The summed E-state index contributed by atoms with van der Waals surface area (Å²) in [4.78, 5) is 3.92. The minimum atomic E-state index is -4.73. The summed E-state index contributed by atoms with van der Waals surface area (Å²) in [5.74, 6) is -2.97. The number of hydrogen-bond donors (Lipinski definition) is 4. The van der Waals surface area contributed by atoms with Gasteiger partial charge < -0.3 is 19.7 Å². The number of aliphatic hydroxyl groups excluding tert-OH is 1. The molecule has 0 atom stereocenters. The number of rotatable bonds is 2. The average Bonchev–Trinajstić information content (AvgIpc) is 3.13. The fourth-order valence-corrected chi connectivity index (χ4v) is 2.62. The maximum atomic E-state index is 13.0. The predicted molar refractivity (Wildman–Crippen MR) is 87.9 cm³/mol. The van der Waals surface area contributed by atoms with E-state index in [4.69, 9.17) is 15.3 Å². The van der Waals surface area contributed by atoms with Crippen molar-refractivity contribution in [3.8, 4) is 0 Å². The van der Waals surface area contributed by atoms with E-state index in [9.17, 15) is 23.4 Å². The van der Waals surface area contributed by atoms with E-state index < -0.39 is 28.8 Å². The first-order chi connectivity index (χ1) is 11.9. The molecule has 1 heterocycles. The summed E-state index contributed by atoms with van der Waals surface area (Å²) in [5, 5.41) is 27.3. The van der Waals surface area contributed by atoms with E-state index in [2.05, 4.69) is 4.98 Å². The lowest BCUT2D eigenvalue weighted by Crippen LogP contribution is -2.36. The lowest BCUT2D eigenvalue weighted by Gasteiger charge is -2.17. The van der Waals surface area contributed by atoms with E-state index in [1.807, 2.05) is 0 Å². The minimum absolute atomic E-state index is 0.0463. The van der Waals surface area contributed by atoms with Gasteiger partial charge in [0.15, 0.2) is 11.5 Å². The summed E-state index contributed by atoms with van der Waals surface area (Å²) >= 11 is 0. The maximum Gasteiger partial charge on any atom is 0.420 e. The molecule has 0 unspecified atom stereocenters. The largest absolute Gasteiger partial charge is 0.440 e. The van der Waals surface area contributed by atoms with E-state index in [1.165, 1.54) is 12.8 Å². The number of alkyl halides is 3. The highest BCUT2D eigenvalue weighted by Gasteiger charge is 2.37. The van der Waals surface area contributed by atoms with Crippen molar-refractivity contribution in [2.45, 2.75) is 63.6 Å². The zero-order valence-corrected chi connectivity index (χ0v) is 14.5. The third-order valence-electron chi connectivity index (χ3n) is 4.06. The van der Waals surface area contributed by atoms with Crippen LogP contribution in [0.15, 0.2) is 16.5 Å². The Balaban J connectivity index is 0.000000342. The van der Waals surface area contributed by atoms with Crippen molar-refractivity contribution in [1.29, 1.82) is 0 Å². The molecule has 1 saturated carbocycles. The molecule has 1 aliphatic carbocycles. The van der Waals surface area contributed by atoms with Gasteiger partial charge in [-0.1, -0.05) is 26.7 Å². The van der Waals surface area contributed by atoms with Crippen LogP contribution in [0.1, 0.15) is 62.5 Å². The molecule has 0 saturated heterocycles. The van der Waals surface area contributed by atoms with Crippen molar-refractivity contribution >= 4 is 11.1 Å². The Labute approximate surface area is 148 Å². The number of aliphatic hydroxyl groups is 3. The molecular formula is C17H23F3N2O4. The topological polar surface area (TPSA) is 113 Å². The highest BCUT2D eigenvalue weighted by Crippen LogP contribution is 2.38. The summed E-state index contributed by atoms with van der Waals surface area (Å²) in [6, 6.07) is 1.59. The second kappa shape index (κ2) is 7.51. The number of nitrogens with zero attached hydrogens (tertiary/aromatic N) is 1. The molecule has 146 valence electrons. The van der Waals surface area contributed by atoms with Gasteiger partial charge in [0, 0.05) is 11.5 Å². The zero-order valence-electron chi connectivity index (χ0n) is 14.5. The fraction of sp³-hybridized carbons (Fsp3) is 0.588. The van der Waals surface area contributed by atoms with E-state index in [-0.39, 0.29) is 23.4 Å². The van der Waals surface area contributed by atoms with Gasteiger partial charge in [0.1, 0.15) is 11.1 Å². The summed E-state index contributed by atoms with van der Waals surface area (Å²) in [5.41, 5.74) is 2.77. The van der Waals surface area contributed by atoms with Gasteiger partial charge in [-0.05, 0) is 25.0 Å². The van der Waals surface area contributed by atoms with Crippen molar-refractivity contribution in [3.05, 3.63) is 29.2 Å². The molecule has 0 amide bonds. The second-order valence-electron chi connectivity index (χ2n) is 6.74. The van der Waals surface area contributed by atoms with Crippen LogP contribution in [0.4, 0.5) is 13.2 Å². The molecule has 0 aliphatic heterocycles. The van der Waals surface area contributed by atoms with Crippen LogP contribution in [-0.2, 0) is 12.1 Å². The molecule has 6 nitrogen and oxygen atoms in total. The summed E-state index contributed by atoms with van der Waals surface area (Å²) < 4.78 is 44.1. The Morgan fingerprint density at radius 1 is 1.19 bits per heavy atom. The van der Waals surface area contributed by atoms with Gasteiger partial charge in [0.05, 0.1) is 6.10 Å². The molecule has 9 heteroatoms. The van der Waals surface area contributed by atoms with Crippen LogP contribution < -0.4 is 5.73 Å². The standard InChI is InChI=1S/C12H13F3N2O3.C5H10O/c1-5(2)10-17-8-4-6(12(16,18)19)3-7(9(8)20-10)11(13,14)15;6-5-3-1-2-4-5/h3-5,18-19H,16H2,1-2H3;5-6H,1-4H2. The van der Waals surface area contributed by atoms with Crippen LogP contribution in [0.3, 0.4) is 0 Å². The molecule has 1 aliphatic rings. The molecule has 0 bridgehead atoms. The third kappa shape index (κ3) is 4.94. The van der Waals surface area contributed by atoms with Crippen LogP contribution in [0.5, 0.6) is 0 Å². The Bertz CT molecular complexity index is 745. The predicted octanol–water partition coefficient (Wildman–Crippen LogP) is 2.94. The van der Waals surface area contributed by atoms with Crippen molar-refractivity contribution in [2.75, 3.05) is 0 Å². The Hall–Kier alpha value is -1.68. The number of aromatic nitrogens is 1. The lowest BCUT2D eigenvalue weighted by atomic mass is 10.1. The molecule has 0 spiro atoms.